The van der Waals surface area contributed by atoms with E-state index in [1.54, 1.807) is 12.3 Å². The van der Waals surface area contributed by atoms with Crippen LogP contribution in [0.2, 0.25) is 0 Å². The average molecular weight is 537 g/mol. The van der Waals surface area contributed by atoms with E-state index in [9.17, 15) is 5.11 Å². The predicted molar refractivity (Wildman–Crippen MR) is 134 cm³/mol. The second kappa shape index (κ2) is 9.94. The zero-order valence-corrected chi connectivity index (χ0v) is 19.7. The van der Waals surface area contributed by atoms with Crippen LogP contribution < -0.4 is 4.74 Å². The fourth-order valence-electron chi connectivity index (χ4n) is 3.16. The van der Waals surface area contributed by atoms with Gasteiger partial charge in [-0.3, -0.25) is 4.98 Å². The molecule has 1 heterocycles. The lowest BCUT2D eigenvalue weighted by atomic mass is 10.1. The molecular weight excluding hydrogens is 518 g/mol. The van der Waals surface area contributed by atoms with Crippen LogP contribution in [0.5, 0.6) is 11.5 Å². The molecule has 1 aromatic heterocycles. The van der Waals surface area contributed by atoms with E-state index in [1.165, 1.54) is 10.8 Å². The summed E-state index contributed by atoms with van der Waals surface area (Å²) in [5.41, 5.74) is 0.929. The van der Waals surface area contributed by atoms with Gasteiger partial charge in [0.2, 0.25) is 0 Å². The Morgan fingerprint density at radius 1 is 0.710 bits per heavy atom. The van der Waals surface area contributed by atoms with Gasteiger partial charge < -0.3 is 9.84 Å². The summed E-state index contributed by atoms with van der Waals surface area (Å²) in [5.74, 6) is 1.19. The van der Waals surface area contributed by atoms with Gasteiger partial charge in [0.05, 0.1) is 5.69 Å². The van der Waals surface area contributed by atoms with Gasteiger partial charge in [-0.15, -0.1) is 0 Å². The SMILES string of the molecule is Brc1ccc2cc(OCc3ccccn3)ccc2c1.Oc1cccc2cc(Br)ccc12. The zero-order chi connectivity index (χ0) is 21.6. The normalized spacial score (nSPS) is 10.5. The molecule has 0 amide bonds. The molecule has 1 N–H and O–H groups in total. The largest absolute Gasteiger partial charge is 0.507 e. The van der Waals surface area contributed by atoms with E-state index >= 15 is 0 Å². The summed E-state index contributed by atoms with van der Waals surface area (Å²) in [4.78, 5) is 4.24. The molecule has 0 unspecified atom stereocenters. The first-order chi connectivity index (χ1) is 15.1. The summed E-state index contributed by atoms with van der Waals surface area (Å²) >= 11 is 6.85. The number of benzene rings is 4. The van der Waals surface area contributed by atoms with Gasteiger partial charge in [0.25, 0.3) is 0 Å². The average Bonchev–Trinajstić information content (AvgIpc) is 2.79. The molecule has 5 aromatic rings. The van der Waals surface area contributed by atoms with Gasteiger partial charge in [0.1, 0.15) is 18.1 Å². The Kier molecular flexibility index (Phi) is 6.85. The van der Waals surface area contributed by atoms with Crippen molar-refractivity contribution < 1.29 is 9.84 Å². The molecule has 0 radical (unpaired) electrons. The van der Waals surface area contributed by atoms with Crippen LogP contribution in [0.3, 0.4) is 0 Å². The van der Waals surface area contributed by atoms with Gasteiger partial charge in [-0.05, 0) is 76.8 Å². The Labute approximate surface area is 197 Å². The topological polar surface area (TPSA) is 42.4 Å². The third-order valence-corrected chi connectivity index (χ3v) is 5.69. The lowest BCUT2D eigenvalue weighted by Crippen LogP contribution is -1.97. The van der Waals surface area contributed by atoms with Crippen molar-refractivity contribution in [2.45, 2.75) is 6.61 Å². The molecule has 0 saturated heterocycles. The Bertz CT molecular complexity index is 1320. The van der Waals surface area contributed by atoms with Crippen molar-refractivity contribution in [2.75, 3.05) is 0 Å². The van der Waals surface area contributed by atoms with Crippen LogP contribution in [-0.4, -0.2) is 10.1 Å². The first-order valence-corrected chi connectivity index (χ1v) is 11.3. The van der Waals surface area contributed by atoms with Crippen molar-refractivity contribution >= 4 is 53.4 Å². The number of fused-ring (bicyclic) bond motifs is 2. The number of aromatic hydroxyl groups is 1. The van der Waals surface area contributed by atoms with E-state index in [4.69, 9.17) is 4.74 Å². The number of hydrogen-bond donors (Lipinski definition) is 1. The lowest BCUT2D eigenvalue weighted by molar-refractivity contribution is 0.302. The van der Waals surface area contributed by atoms with E-state index in [-0.39, 0.29) is 0 Å². The molecular formula is C26H19Br2NO2. The maximum absolute atomic E-state index is 9.45. The number of aromatic nitrogens is 1. The summed E-state index contributed by atoms with van der Waals surface area (Å²) in [5, 5.41) is 13.7. The van der Waals surface area contributed by atoms with Crippen molar-refractivity contribution in [1.29, 1.82) is 0 Å². The fourth-order valence-corrected chi connectivity index (χ4v) is 3.92. The number of rotatable bonds is 3. The molecule has 0 aliphatic heterocycles. The van der Waals surface area contributed by atoms with Gasteiger partial charge in [0, 0.05) is 20.5 Å². The standard InChI is InChI=1S/C16H12BrNO.C10H7BrO/c17-14-6-4-13-10-16(7-5-12(13)9-14)19-11-15-3-1-2-8-18-15;11-8-4-5-9-7(6-8)2-1-3-10(9)12/h1-10H,11H2;1-6,12H. The molecule has 0 atom stereocenters. The smallest absolute Gasteiger partial charge is 0.130 e. The second-order valence-electron chi connectivity index (χ2n) is 6.91. The van der Waals surface area contributed by atoms with Crippen molar-refractivity contribution in [3.63, 3.8) is 0 Å². The molecule has 154 valence electrons. The summed E-state index contributed by atoms with van der Waals surface area (Å²) < 4.78 is 7.87. The molecule has 5 rings (SSSR count). The highest BCUT2D eigenvalue weighted by molar-refractivity contribution is 9.10. The van der Waals surface area contributed by atoms with Crippen molar-refractivity contribution in [1.82, 2.24) is 4.98 Å². The Morgan fingerprint density at radius 3 is 2.26 bits per heavy atom. The van der Waals surface area contributed by atoms with Gasteiger partial charge in [0.15, 0.2) is 0 Å². The number of ether oxygens (including phenoxy) is 1. The molecule has 0 bridgehead atoms. The van der Waals surface area contributed by atoms with Crippen LogP contribution in [0.15, 0.2) is 106 Å². The van der Waals surface area contributed by atoms with E-state index in [0.717, 1.165) is 31.2 Å². The molecule has 4 aromatic carbocycles. The number of pyridine rings is 1. The highest BCUT2D eigenvalue weighted by atomic mass is 79.9. The Morgan fingerprint density at radius 2 is 1.45 bits per heavy atom. The number of hydrogen-bond acceptors (Lipinski definition) is 3. The Balaban J connectivity index is 0.000000166. The highest BCUT2D eigenvalue weighted by Gasteiger charge is 2.00. The highest BCUT2D eigenvalue weighted by Crippen LogP contribution is 2.27. The van der Waals surface area contributed by atoms with E-state index in [2.05, 4.69) is 55.0 Å². The maximum atomic E-state index is 9.45. The second-order valence-corrected chi connectivity index (χ2v) is 8.74. The van der Waals surface area contributed by atoms with Crippen molar-refractivity contribution in [3.05, 3.63) is 112 Å². The lowest BCUT2D eigenvalue weighted by Gasteiger charge is -2.07. The summed E-state index contributed by atoms with van der Waals surface area (Å²) in [7, 11) is 0. The zero-order valence-electron chi connectivity index (χ0n) is 16.5. The predicted octanol–water partition coefficient (Wildman–Crippen LogP) is 7.88. The molecule has 3 nitrogen and oxygen atoms in total. The number of halogens is 2. The molecule has 0 aliphatic rings. The van der Waals surface area contributed by atoms with E-state index in [1.807, 2.05) is 66.7 Å². The fraction of sp³-hybridized carbons (Fsp3) is 0.0385. The molecule has 0 aliphatic carbocycles. The van der Waals surface area contributed by atoms with Crippen LogP contribution in [0.1, 0.15) is 5.69 Å². The maximum Gasteiger partial charge on any atom is 0.130 e. The molecule has 0 fully saturated rings. The first-order valence-electron chi connectivity index (χ1n) is 9.68. The van der Waals surface area contributed by atoms with Crippen LogP contribution in [0.4, 0.5) is 0 Å². The van der Waals surface area contributed by atoms with Gasteiger partial charge in [-0.2, -0.15) is 0 Å². The monoisotopic (exact) mass is 535 g/mol. The molecule has 5 heteroatoms. The minimum Gasteiger partial charge on any atom is -0.507 e. The van der Waals surface area contributed by atoms with Gasteiger partial charge in [-0.25, -0.2) is 0 Å². The van der Waals surface area contributed by atoms with Crippen LogP contribution >= 0.6 is 31.9 Å². The summed E-state index contributed by atoms with van der Waals surface area (Å²) in [6.45, 7) is 0.489. The van der Waals surface area contributed by atoms with Gasteiger partial charge >= 0.3 is 0 Å². The van der Waals surface area contributed by atoms with Crippen LogP contribution in [0, 0.1) is 0 Å². The van der Waals surface area contributed by atoms with E-state index < -0.39 is 0 Å². The quantitative estimate of drug-likeness (QED) is 0.255. The molecule has 31 heavy (non-hydrogen) atoms. The minimum absolute atomic E-state index is 0.333. The first kappa shape index (κ1) is 21.3. The Hall–Kier alpha value is -2.89. The minimum atomic E-state index is 0.333. The third kappa shape index (κ3) is 5.63. The van der Waals surface area contributed by atoms with E-state index in [0.29, 0.717) is 12.4 Å². The summed E-state index contributed by atoms with van der Waals surface area (Å²) in [6, 6.07) is 29.4. The number of nitrogens with zero attached hydrogens (tertiary/aromatic N) is 1. The molecule has 0 spiro atoms. The summed E-state index contributed by atoms with van der Waals surface area (Å²) in [6.07, 6.45) is 1.77. The number of phenols is 1. The third-order valence-electron chi connectivity index (χ3n) is 4.71. The van der Waals surface area contributed by atoms with Crippen molar-refractivity contribution in [3.8, 4) is 11.5 Å². The van der Waals surface area contributed by atoms with Crippen LogP contribution in [-0.2, 0) is 6.61 Å². The number of phenolic OH excluding ortho intramolecular Hbond substituents is 1. The van der Waals surface area contributed by atoms with Gasteiger partial charge in [-0.1, -0.05) is 62.2 Å². The van der Waals surface area contributed by atoms with Crippen LogP contribution in [0.25, 0.3) is 21.5 Å². The van der Waals surface area contributed by atoms with Crippen molar-refractivity contribution in [2.24, 2.45) is 0 Å². The molecule has 0 saturated carbocycles.